The number of amides is 2. The molecule has 7 heteroatoms. The van der Waals surface area contributed by atoms with Gasteiger partial charge in [0, 0.05) is 13.6 Å². The van der Waals surface area contributed by atoms with Gasteiger partial charge in [-0.15, -0.1) is 5.11 Å². The van der Waals surface area contributed by atoms with Gasteiger partial charge in [-0.05, 0) is 43.2 Å². The van der Waals surface area contributed by atoms with Crippen molar-refractivity contribution in [2.75, 3.05) is 13.6 Å². The molecule has 2 aromatic carbocycles. The lowest BCUT2D eigenvalue weighted by Crippen LogP contribution is -2.34. The molecule has 0 bridgehead atoms. The van der Waals surface area contributed by atoms with E-state index >= 15 is 0 Å². The summed E-state index contributed by atoms with van der Waals surface area (Å²) >= 11 is 0. The minimum atomic E-state index is -0.381. The summed E-state index contributed by atoms with van der Waals surface area (Å²) in [6.07, 6.45) is 0.516. The number of phenolic OH excluding ortho intramolecular Hbond substituents is 2. The van der Waals surface area contributed by atoms with Crippen LogP contribution in [0.1, 0.15) is 11.1 Å². The van der Waals surface area contributed by atoms with Gasteiger partial charge in [0.25, 0.3) is 0 Å². The molecule has 0 unspecified atom stereocenters. The van der Waals surface area contributed by atoms with Crippen molar-refractivity contribution < 1.29 is 15.0 Å². The molecule has 0 saturated carbocycles. The highest BCUT2D eigenvalue weighted by molar-refractivity contribution is 5.73. The summed E-state index contributed by atoms with van der Waals surface area (Å²) in [6.45, 7) is 2.35. The van der Waals surface area contributed by atoms with Gasteiger partial charge >= 0.3 is 6.03 Å². The summed E-state index contributed by atoms with van der Waals surface area (Å²) in [6, 6.07) is 11.7. The molecule has 0 heterocycles. The van der Waals surface area contributed by atoms with E-state index in [2.05, 4.69) is 15.7 Å². The van der Waals surface area contributed by atoms with Gasteiger partial charge in [-0.1, -0.05) is 29.0 Å². The van der Waals surface area contributed by atoms with E-state index in [1.807, 2.05) is 31.2 Å². The minimum Gasteiger partial charge on any atom is -0.504 e. The molecular weight excluding hydrogens is 308 g/mol. The first kappa shape index (κ1) is 17.3. The fourth-order valence-corrected chi connectivity index (χ4v) is 1.92. The van der Waals surface area contributed by atoms with Crippen LogP contribution in [-0.4, -0.2) is 34.8 Å². The second-order valence-corrected chi connectivity index (χ2v) is 5.35. The van der Waals surface area contributed by atoms with E-state index in [4.69, 9.17) is 0 Å². The number of hydrogen-bond acceptors (Lipinski definition) is 5. The van der Waals surface area contributed by atoms with Gasteiger partial charge in [0.05, 0.1) is 5.69 Å². The summed E-state index contributed by atoms with van der Waals surface area (Å²) in [7, 11) is 1.51. The Morgan fingerprint density at radius 1 is 1.12 bits per heavy atom. The Balaban J connectivity index is 1.80. The zero-order chi connectivity index (χ0) is 17.5. The molecule has 2 aromatic rings. The van der Waals surface area contributed by atoms with Crippen LogP contribution in [0.15, 0.2) is 52.8 Å². The zero-order valence-corrected chi connectivity index (χ0v) is 13.6. The van der Waals surface area contributed by atoms with Crippen LogP contribution >= 0.6 is 0 Å². The Hall–Kier alpha value is -3.09. The minimum absolute atomic E-state index is 0.168. The molecule has 0 aliphatic carbocycles. The fourth-order valence-electron chi connectivity index (χ4n) is 1.92. The number of carbonyl (C=O) groups excluding carboxylic acids is 1. The number of phenols is 2. The Morgan fingerprint density at radius 2 is 1.83 bits per heavy atom. The maximum Gasteiger partial charge on any atom is 0.338 e. The van der Waals surface area contributed by atoms with Crippen LogP contribution in [0, 0.1) is 6.92 Å². The van der Waals surface area contributed by atoms with Crippen molar-refractivity contribution in [2.45, 2.75) is 13.3 Å². The Morgan fingerprint density at radius 3 is 2.50 bits per heavy atom. The monoisotopic (exact) mass is 328 g/mol. The Kier molecular flexibility index (Phi) is 5.73. The number of rotatable bonds is 5. The highest BCUT2D eigenvalue weighted by Gasteiger charge is 2.07. The molecule has 2 amide bonds. The number of benzene rings is 2. The third kappa shape index (κ3) is 4.98. The van der Waals surface area contributed by atoms with Crippen molar-refractivity contribution in [1.29, 1.82) is 0 Å². The molecule has 0 spiro atoms. The molecule has 0 radical (unpaired) electrons. The van der Waals surface area contributed by atoms with Crippen LogP contribution in [0.4, 0.5) is 10.5 Å². The summed E-state index contributed by atoms with van der Waals surface area (Å²) < 4.78 is 0. The average molecular weight is 328 g/mol. The number of hydrogen-bond donors (Lipinski definition) is 3. The van der Waals surface area contributed by atoms with Crippen molar-refractivity contribution in [3.63, 3.8) is 0 Å². The van der Waals surface area contributed by atoms with Crippen LogP contribution in [0.5, 0.6) is 11.5 Å². The highest BCUT2D eigenvalue weighted by atomic mass is 16.3. The van der Waals surface area contributed by atoms with Gasteiger partial charge in [-0.25, -0.2) is 4.79 Å². The maximum atomic E-state index is 11.9. The quantitative estimate of drug-likeness (QED) is 0.446. The molecule has 7 nitrogen and oxygen atoms in total. The number of urea groups is 1. The first-order valence-electron chi connectivity index (χ1n) is 7.46. The normalized spacial score (nSPS) is 10.8. The first-order valence-corrected chi connectivity index (χ1v) is 7.46. The Labute approximate surface area is 140 Å². The second kappa shape index (κ2) is 7.96. The molecule has 3 N–H and O–H groups in total. The molecule has 0 aliphatic heterocycles. The molecule has 2 rings (SSSR count). The van der Waals surface area contributed by atoms with Crippen molar-refractivity contribution in [3.05, 3.63) is 53.6 Å². The van der Waals surface area contributed by atoms with Crippen LogP contribution in [-0.2, 0) is 6.42 Å². The van der Waals surface area contributed by atoms with E-state index in [9.17, 15) is 15.0 Å². The number of aromatic hydroxyl groups is 2. The van der Waals surface area contributed by atoms with Crippen LogP contribution in [0.3, 0.4) is 0 Å². The van der Waals surface area contributed by atoms with Crippen LogP contribution in [0.2, 0.25) is 0 Å². The molecule has 24 heavy (non-hydrogen) atoms. The van der Waals surface area contributed by atoms with Crippen molar-refractivity contribution in [1.82, 2.24) is 10.3 Å². The lowest BCUT2D eigenvalue weighted by Gasteiger charge is -2.11. The third-order valence-corrected chi connectivity index (χ3v) is 3.35. The van der Waals surface area contributed by atoms with E-state index in [0.717, 1.165) is 16.1 Å². The van der Waals surface area contributed by atoms with Gasteiger partial charge < -0.3 is 15.5 Å². The van der Waals surface area contributed by atoms with Gasteiger partial charge in [-0.3, -0.25) is 0 Å². The lowest BCUT2D eigenvalue weighted by atomic mass is 10.1. The third-order valence-electron chi connectivity index (χ3n) is 3.35. The summed E-state index contributed by atoms with van der Waals surface area (Å²) in [5.74, 6) is -0.345. The molecule has 126 valence electrons. The van der Waals surface area contributed by atoms with Crippen molar-refractivity contribution in [2.24, 2.45) is 10.3 Å². The smallest absolute Gasteiger partial charge is 0.338 e. The maximum absolute atomic E-state index is 11.9. The predicted molar refractivity (Wildman–Crippen MR) is 90.3 cm³/mol. The van der Waals surface area contributed by atoms with E-state index in [1.165, 1.54) is 19.2 Å². The number of nitrogens with zero attached hydrogens (tertiary/aromatic N) is 3. The number of carbonyl (C=O) groups is 1. The standard InChI is InChI=1S/C17H20N4O3/c1-12-3-6-14(7-4-12)19-20-21(2)17(24)18-10-9-13-5-8-15(22)16(23)11-13/h3-8,11,22-23H,9-10H2,1-2H3,(H,18,24). The summed E-state index contributed by atoms with van der Waals surface area (Å²) in [4.78, 5) is 11.9. The second-order valence-electron chi connectivity index (χ2n) is 5.35. The fraction of sp³-hybridized carbons (Fsp3) is 0.235. The van der Waals surface area contributed by atoms with E-state index < -0.39 is 0 Å². The van der Waals surface area contributed by atoms with E-state index in [1.54, 1.807) is 6.07 Å². The van der Waals surface area contributed by atoms with Crippen molar-refractivity contribution in [3.8, 4) is 11.5 Å². The van der Waals surface area contributed by atoms with Crippen LogP contribution < -0.4 is 5.32 Å². The zero-order valence-electron chi connectivity index (χ0n) is 13.6. The topological polar surface area (TPSA) is 97.5 Å². The highest BCUT2D eigenvalue weighted by Crippen LogP contribution is 2.24. The van der Waals surface area contributed by atoms with E-state index in [0.29, 0.717) is 18.7 Å². The molecule has 0 aromatic heterocycles. The van der Waals surface area contributed by atoms with Gasteiger partial charge in [0.15, 0.2) is 11.5 Å². The number of nitrogens with one attached hydrogen (secondary N) is 1. The number of aryl methyl sites for hydroxylation is 1. The lowest BCUT2D eigenvalue weighted by molar-refractivity contribution is 0.208. The SMILES string of the molecule is Cc1ccc(N=NN(C)C(=O)NCCc2ccc(O)c(O)c2)cc1. The summed E-state index contributed by atoms with van der Waals surface area (Å²) in [5, 5.41) is 30.3. The average Bonchev–Trinajstić information content (AvgIpc) is 2.57. The summed E-state index contributed by atoms with van der Waals surface area (Å²) in [5.41, 5.74) is 2.59. The Bertz CT molecular complexity index is 729. The molecule has 0 fully saturated rings. The predicted octanol–water partition coefficient (Wildman–Crippen LogP) is 3.29. The van der Waals surface area contributed by atoms with E-state index in [-0.39, 0.29) is 17.5 Å². The first-order chi connectivity index (χ1) is 11.5. The van der Waals surface area contributed by atoms with Gasteiger partial charge in [-0.2, -0.15) is 5.01 Å². The molecule has 0 saturated heterocycles. The van der Waals surface area contributed by atoms with Gasteiger partial charge in [0.1, 0.15) is 0 Å². The largest absolute Gasteiger partial charge is 0.504 e. The molecule has 0 atom stereocenters. The molecular formula is C17H20N4O3. The van der Waals surface area contributed by atoms with Crippen molar-refractivity contribution >= 4 is 11.7 Å². The van der Waals surface area contributed by atoms with Gasteiger partial charge in [0.2, 0.25) is 0 Å². The molecule has 0 aliphatic rings. The van der Waals surface area contributed by atoms with Crippen LogP contribution in [0.25, 0.3) is 0 Å².